The summed E-state index contributed by atoms with van der Waals surface area (Å²) in [4.78, 5) is 11.2. The molecule has 3 nitrogen and oxygen atoms in total. The van der Waals surface area contributed by atoms with Crippen LogP contribution in [0.25, 0.3) is 11.3 Å². The van der Waals surface area contributed by atoms with Crippen molar-refractivity contribution in [2.45, 2.75) is 20.4 Å². The molecule has 0 saturated heterocycles. The summed E-state index contributed by atoms with van der Waals surface area (Å²) in [6.45, 7) is 4.87. The molecule has 0 saturated carbocycles. The third-order valence-electron chi connectivity index (χ3n) is 2.63. The van der Waals surface area contributed by atoms with Crippen molar-refractivity contribution < 1.29 is 4.79 Å². The Morgan fingerprint density at radius 2 is 2.00 bits per heavy atom. The molecule has 0 N–H and O–H groups in total. The standard InChI is InChI=1S/C14H15ClN2O/c1-10(2)8-17-14(15)12(9-18)13(16-17)11-6-4-3-5-7-11/h3-7,9-10H,8H2,1-2H3. The Hall–Kier alpha value is -1.61. The minimum Gasteiger partial charge on any atom is -0.298 e. The van der Waals surface area contributed by atoms with Crippen molar-refractivity contribution in [3.05, 3.63) is 41.0 Å². The summed E-state index contributed by atoms with van der Waals surface area (Å²) in [6, 6.07) is 9.60. The molecule has 4 heteroatoms. The lowest BCUT2D eigenvalue weighted by atomic mass is 10.1. The number of carbonyl (C=O) groups is 1. The molecule has 1 heterocycles. The van der Waals surface area contributed by atoms with Gasteiger partial charge in [0.15, 0.2) is 6.29 Å². The third-order valence-corrected chi connectivity index (χ3v) is 3.03. The SMILES string of the molecule is CC(C)Cn1nc(-c2ccccc2)c(C=O)c1Cl. The predicted molar refractivity (Wildman–Crippen MR) is 72.9 cm³/mol. The summed E-state index contributed by atoms with van der Waals surface area (Å²) in [6.07, 6.45) is 0.772. The van der Waals surface area contributed by atoms with Crippen molar-refractivity contribution in [3.63, 3.8) is 0 Å². The van der Waals surface area contributed by atoms with Crippen LogP contribution in [0.3, 0.4) is 0 Å². The molecular weight excluding hydrogens is 248 g/mol. The summed E-state index contributed by atoms with van der Waals surface area (Å²) in [5, 5.41) is 4.86. The molecular formula is C14H15ClN2O. The fourth-order valence-electron chi connectivity index (χ4n) is 1.84. The molecule has 0 unspecified atom stereocenters. The zero-order valence-electron chi connectivity index (χ0n) is 10.4. The number of hydrogen-bond acceptors (Lipinski definition) is 2. The van der Waals surface area contributed by atoms with E-state index in [0.29, 0.717) is 28.9 Å². The van der Waals surface area contributed by atoms with Gasteiger partial charge in [0.25, 0.3) is 0 Å². The summed E-state index contributed by atoms with van der Waals surface area (Å²) < 4.78 is 1.69. The van der Waals surface area contributed by atoms with E-state index in [2.05, 4.69) is 18.9 Å². The van der Waals surface area contributed by atoms with Gasteiger partial charge in [-0.2, -0.15) is 5.10 Å². The van der Waals surface area contributed by atoms with Gasteiger partial charge >= 0.3 is 0 Å². The van der Waals surface area contributed by atoms with Crippen molar-refractivity contribution in [3.8, 4) is 11.3 Å². The maximum atomic E-state index is 11.2. The second kappa shape index (κ2) is 5.36. The van der Waals surface area contributed by atoms with Crippen LogP contribution in [0.15, 0.2) is 30.3 Å². The van der Waals surface area contributed by atoms with E-state index in [1.54, 1.807) is 4.68 Å². The van der Waals surface area contributed by atoms with E-state index in [0.717, 1.165) is 11.8 Å². The average Bonchev–Trinajstić information content (AvgIpc) is 2.67. The van der Waals surface area contributed by atoms with Crippen LogP contribution in [-0.4, -0.2) is 16.1 Å². The Balaban J connectivity index is 2.51. The van der Waals surface area contributed by atoms with Gasteiger partial charge in [0.05, 0.1) is 5.56 Å². The van der Waals surface area contributed by atoms with Crippen LogP contribution in [-0.2, 0) is 6.54 Å². The van der Waals surface area contributed by atoms with Crippen LogP contribution >= 0.6 is 11.6 Å². The number of nitrogens with zero attached hydrogens (tertiary/aromatic N) is 2. The van der Waals surface area contributed by atoms with E-state index in [9.17, 15) is 4.79 Å². The van der Waals surface area contributed by atoms with Gasteiger partial charge in [0, 0.05) is 12.1 Å². The molecule has 0 bridgehead atoms. The van der Waals surface area contributed by atoms with Crippen LogP contribution in [0, 0.1) is 5.92 Å². The van der Waals surface area contributed by atoms with E-state index in [1.807, 2.05) is 30.3 Å². The Morgan fingerprint density at radius 3 is 2.56 bits per heavy atom. The zero-order chi connectivity index (χ0) is 13.1. The molecule has 1 aromatic heterocycles. The van der Waals surface area contributed by atoms with Crippen molar-refractivity contribution in [2.24, 2.45) is 5.92 Å². The highest BCUT2D eigenvalue weighted by Gasteiger charge is 2.17. The summed E-state index contributed by atoms with van der Waals surface area (Å²) in [7, 11) is 0. The fourth-order valence-corrected chi connectivity index (χ4v) is 2.08. The minimum atomic E-state index is 0.414. The number of benzene rings is 1. The highest BCUT2D eigenvalue weighted by atomic mass is 35.5. The van der Waals surface area contributed by atoms with Crippen LogP contribution in [0.5, 0.6) is 0 Å². The molecule has 0 fully saturated rings. The second-order valence-corrected chi connectivity index (χ2v) is 4.97. The number of carbonyl (C=O) groups excluding carboxylic acids is 1. The summed E-state index contributed by atoms with van der Waals surface area (Å²) >= 11 is 6.19. The molecule has 0 spiro atoms. The van der Waals surface area contributed by atoms with E-state index >= 15 is 0 Å². The monoisotopic (exact) mass is 262 g/mol. The minimum absolute atomic E-state index is 0.414. The van der Waals surface area contributed by atoms with Gasteiger partial charge in [0.2, 0.25) is 0 Å². The van der Waals surface area contributed by atoms with E-state index in [4.69, 9.17) is 11.6 Å². The topological polar surface area (TPSA) is 34.9 Å². The van der Waals surface area contributed by atoms with Crippen molar-refractivity contribution >= 4 is 17.9 Å². The number of aromatic nitrogens is 2. The van der Waals surface area contributed by atoms with Crippen molar-refractivity contribution in [1.29, 1.82) is 0 Å². The molecule has 0 aliphatic carbocycles. The quantitative estimate of drug-likeness (QED) is 0.788. The van der Waals surface area contributed by atoms with E-state index in [1.165, 1.54) is 0 Å². The first kappa shape index (κ1) is 12.8. The van der Waals surface area contributed by atoms with Gasteiger partial charge in [-0.15, -0.1) is 0 Å². The molecule has 94 valence electrons. The molecule has 0 aliphatic rings. The normalized spacial score (nSPS) is 10.9. The molecule has 0 atom stereocenters. The highest BCUT2D eigenvalue weighted by Crippen LogP contribution is 2.27. The van der Waals surface area contributed by atoms with Crippen molar-refractivity contribution in [2.75, 3.05) is 0 Å². The predicted octanol–water partition coefficient (Wildman–Crippen LogP) is 3.67. The maximum Gasteiger partial charge on any atom is 0.155 e. The van der Waals surface area contributed by atoms with Crippen LogP contribution in [0.4, 0.5) is 0 Å². The number of halogens is 1. The van der Waals surface area contributed by atoms with E-state index < -0.39 is 0 Å². The Labute approximate surface area is 111 Å². The van der Waals surface area contributed by atoms with Gasteiger partial charge in [-0.25, -0.2) is 0 Å². The van der Waals surface area contributed by atoms with Gasteiger partial charge in [-0.05, 0) is 5.92 Å². The first-order valence-corrected chi connectivity index (χ1v) is 6.28. The molecule has 2 aromatic rings. The number of aldehydes is 1. The lowest BCUT2D eigenvalue weighted by Crippen LogP contribution is -2.06. The fraction of sp³-hybridized carbons (Fsp3) is 0.286. The van der Waals surface area contributed by atoms with E-state index in [-0.39, 0.29) is 0 Å². The average molecular weight is 263 g/mol. The zero-order valence-corrected chi connectivity index (χ0v) is 11.2. The largest absolute Gasteiger partial charge is 0.298 e. The lowest BCUT2D eigenvalue weighted by molar-refractivity contribution is 0.112. The lowest BCUT2D eigenvalue weighted by Gasteiger charge is -2.05. The molecule has 2 rings (SSSR count). The second-order valence-electron chi connectivity index (χ2n) is 4.61. The van der Waals surface area contributed by atoms with Gasteiger partial charge < -0.3 is 0 Å². The number of hydrogen-bond donors (Lipinski definition) is 0. The van der Waals surface area contributed by atoms with Gasteiger partial charge in [-0.3, -0.25) is 9.48 Å². The number of rotatable bonds is 4. The summed E-state index contributed by atoms with van der Waals surface area (Å²) in [5.74, 6) is 0.422. The smallest absolute Gasteiger partial charge is 0.155 e. The Kier molecular flexibility index (Phi) is 3.82. The molecule has 18 heavy (non-hydrogen) atoms. The van der Waals surface area contributed by atoms with Crippen LogP contribution in [0.2, 0.25) is 5.15 Å². The van der Waals surface area contributed by atoms with Crippen LogP contribution < -0.4 is 0 Å². The third kappa shape index (κ3) is 2.46. The summed E-state index contributed by atoms with van der Waals surface area (Å²) in [5.41, 5.74) is 2.02. The van der Waals surface area contributed by atoms with Gasteiger partial charge in [0.1, 0.15) is 10.8 Å². The molecule has 0 aliphatic heterocycles. The highest BCUT2D eigenvalue weighted by molar-refractivity contribution is 6.32. The van der Waals surface area contributed by atoms with Crippen molar-refractivity contribution in [1.82, 2.24) is 9.78 Å². The molecule has 0 radical (unpaired) electrons. The molecule has 0 amide bonds. The maximum absolute atomic E-state index is 11.2. The first-order chi connectivity index (χ1) is 8.63. The Morgan fingerprint density at radius 1 is 1.33 bits per heavy atom. The first-order valence-electron chi connectivity index (χ1n) is 5.90. The Bertz CT molecular complexity index is 546. The van der Waals surface area contributed by atoms with Gasteiger partial charge in [-0.1, -0.05) is 55.8 Å². The van der Waals surface area contributed by atoms with Crippen LogP contribution in [0.1, 0.15) is 24.2 Å². The molecule has 1 aromatic carbocycles.